The van der Waals surface area contributed by atoms with Gasteiger partial charge in [0.15, 0.2) is 0 Å². The third-order valence-electron chi connectivity index (χ3n) is 4.68. The van der Waals surface area contributed by atoms with Crippen molar-refractivity contribution in [1.82, 2.24) is 4.90 Å². The summed E-state index contributed by atoms with van der Waals surface area (Å²) in [5.41, 5.74) is 0.222. The zero-order valence-electron chi connectivity index (χ0n) is 12.8. The van der Waals surface area contributed by atoms with Gasteiger partial charge < -0.3 is 10.0 Å². The molecule has 0 radical (unpaired) electrons. The molecule has 0 bridgehead atoms. The van der Waals surface area contributed by atoms with E-state index in [0.717, 1.165) is 25.7 Å². The van der Waals surface area contributed by atoms with E-state index in [0.29, 0.717) is 11.7 Å². The molecule has 1 saturated carbocycles. The topological polar surface area (TPSA) is 57.6 Å². The zero-order chi connectivity index (χ0) is 16.4. The molecule has 2 aliphatic rings. The van der Waals surface area contributed by atoms with E-state index in [9.17, 15) is 19.1 Å². The molecule has 1 amide bonds. The quantitative estimate of drug-likeness (QED) is 0.919. The zero-order valence-corrected chi connectivity index (χ0v) is 13.6. The molecule has 0 spiro atoms. The monoisotopic (exact) mass is 337 g/mol. The lowest BCUT2D eigenvalue weighted by atomic mass is 9.88. The molecule has 1 N–H and O–H groups in total. The fraction of sp³-hybridized carbons (Fsp3) is 0.529. The first-order chi connectivity index (χ1) is 11.1. The van der Waals surface area contributed by atoms with Crippen LogP contribution in [0.15, 0.2) is 24.3 Å². The van der Waals surface area contributed by atoms with E-state index in [1.54, 1.807) is 17.8 Å². The van der Waals surface area contributed by atoms with Crippen LogP contribution in [0.2, 0.25) is 0 Å². The van der Waals surface area contributed by atoms with Crippen molar-refractivity contribution in [1.29, 1.82) is 0 Å². The lowest BCUT2D eigenvalue weighted by Crippen LogP contribution is -2.48. The molecular formula is C17H20FNO3S. The van der Waals surface area contributed by atoms with Gasteiger partial charge in [0.25, 0.3) is 5.91 Å². The summed E-state index contributed by atoms with van der Waals surface area (Å²) in [6.45, 7) is 0. The van der Waals surface area contributed by atoms with Gasteiger partial charge in [-0.15, -0.1) is 11.8 Å². The second kappa shape index (κ2) is 6.91. The number of carboxylic acids is 1. The number of aliphatic carboxylic acids is 1. The van der Waals surface area contributed by atoms with Gasteiger partial charge in [-0.2, -0.15) is 0 Å². The van der Waals surface area contributed by atoms with Crippen molar-refractivity contribution in [3.8, 4) is 0 Å². The summed E-state index contributed by atoms with van der Waals surface area (Å²) in [6, 6.07) is 4.66. The Bertz CT molecular complexity index is 603. The van der Waals surface area contributed by atoms with Crippen molar-refractivity contribution in [3.05, 3.63) is 35.6 Å². The second-order valence-corrected chi connectivity index (χ2v) is 7.35. The smallest absolute Gasteiger partial charge is 0.327 e. The third kappa shape index (κ3) is 3.37. The minimum atomic E-state index is -0.986. The van der Waals surface area contributed by atoms with E-state index in [1.807, 2.05) is 0 Å². The number of carbonyl (C=O) groups excluding carboxylic acids is 1. The average Bonchev–Trinajstić information content (AvgIpc) is 3.00. The first kappa shape index (κ1) is 16.3. The predicted molar refractivity (Wildman–Crippen MR) is 86.8 cm³/mol. The molecule has 1 aliphatic heterocycles. The largest absolute Gasteiger partial charge is 0.480 e. The molecule has 1 aliphatic carbocycles. The molecule has 0 unspecified atom stereocenters. The summed E-state index contributed by atoms with van der Waals surface area (Å²) in [7, 11) is 0. The first-order valence-corrected chi connectivity index (χ1v) is 9.05. The molecule has 2 atom stereocenters. The maximum absolute atomic E-state index is 13.4. The normalized spacial score (nSPS) is 25.5. The molecule has 2 fully saturated rings. The summed E-state index contributed by atoms with van der Waals surface area (Å²) in [6.07, 6.45) is 5.50. The number of carboxylic acid groups (broad SMARTS) is 1. The van der Waals surface area contributed by atoms with Crippen LogP contribution >= 0.6 is 11.8 Å². The number of hydrogen-bond acceptors (Lipinski definition) is 3. The van der Waals surface area contributed by atoms with Crippen LogP contribution in [0.25, 0.3) is 0 Å². The van der Waals surface area contributed by atoms with Crippen molar-refractivity contribution in [3.63, 3.8) is 0 Å². The molecule has 1 aromatic carbocycles. The summed E-state index contributed by atoms with van der Waals surface area (Å²) in [5, 5.41) is 9.35. The lowest BCUT2D eigenvalue weighted by Gasteiger charge is -2.34. The molecule has 4 nitrogen and oxygen atoms in total. The Hall–Kier alpha value is -1.56. The van der Waals surface area contributed by atoms with Crippen LogP contribution in [0.1, 0.15) is 42.5 Å². The second-order valence-electron chi connectivity index (χ2n) is 6.20. The van der Waals surface area contributed by atoms with Crippen LogP contribution in [0.3, 0.4) is 0 Å². The lowest BCUT2D eigenvalue weighted by molar-refractivity contribution is -0.141. The van der Waals surface area contributed by atoms with Crippen molar-refractivity contribution >= 4 is 23.6 Å². The number of nitrogens with zero attached hydrogens (tertiary/aromatic N) is 1. The van der Waals surface area contributed by atoms with Gasteiger partial charge in [-0.25, -0.2) is 9.18 Å². The number of halogens is 1. The molecule has 0 aromatic heterocycles. The number of rotatable bonds is 3. The van der Waals surface area contributed by atoms with Crippen LogP contribution < -0.4 is 0 Å². The van der Waals surface area contributed by atoms with Gasteiger partial charge >= 0.3 is 5.97 Å². The third-order valence-corrected chi connectivity index (χ3v) is 6.14. The fourth-order valence-corrected chi connectivity index (χ4v) is 5.16. The Morgan fingerprint density at radius 3 is 2.61 bits per heavy atom. The maximum Gasteiger partial charge on any atom is 0.327 e. The Balaban J connectivity index is 1.88. The average molecular weight is 337 g/mol. The van der Waals surface area contributed by atoms with Crippen molar-refractivity contribution < 1.29 is 19.1 Å². The number of hydrogen-bond donors (Lipinski definition) is 1. The van der Waals surface area contributed by atoms with Gasteiger partial charge in [0.1, 0.15) is 11.9 Å². The highest BCUT2D eigenvalue weighted by Crippen LogP contribution is 2.41. The van der Waals surface area contributed by atoms with Gasteiger partial charge in [0, 0.05) is 11.3 Å². The molecule has 3 rings (SSSR count). The highest BCUT2D eigenvalue weighted by atomic mass is 32.2. The summed E-state index contributed by atoms with van der Waals surface area (Å²) in [4.78, 5) is 25.9. The number of thioether (sulfide) groups is 1. The molecule has 6 heteroatoms. The molecule has 124 valence electrons. The minimum absolute atomic E-state index is 0.118. The Morgan fingerprint density at radius 2 is 1.96 bits per heavy atom. The Morgan fingerprint density at radius 1 is 1.22 bits per heavy atom. The van der Waals surface area contributed by atoms with Crippen LogP contribution in [-0.4, -0.2) is 39.1 Å². The van der Waals surface area contributed by atoms with Crippen LogP contribution in [-0.2, 0) is 4.79 Å². The van der Waals surface area contributed by atoms with Gasteiger partial charge in [0.05, 0.1) is 5.37 Å². The van der Waals surface area contributed by atoms with Crippen LogP contribution in [0.4, 0.5) is 4.39 Å². The Kier molecular flexibility index (Phi) is 4.90. The van der Waals surface area contributed by atoms with Gasteiger partial charge in [0.2, 0.25) is 0 Å². The van der Waals surface area contributed by atoms with E-state index in [4.69, 9.17) is 0 Å². The number of amides is 1. The van der Waals surface area contributed by atoms with Crippen molar-refractivity contribution in [2.45, 2.75) is 43.5 Å². The summed E-state index contributed by atoms with van der Waals surface area (Å²) in [5.74, 6) is -1.12. The molecule has 1 saturated heterocycles. The number of benzene rings is 1. The van der Waals surface area contributed by atoms with Crippen molar-refractivity contribution in [2.24, 2.45) is 5.92 Å². The van der Waals surface area contributed by atoms with Crippen LogP contribution in [0.5, 0.6) is 0 Å². The number of carbonyl (C=O) groups is 2. The van der Waals surface area contributed by atoms with Crippen LogP contribution in [0, 0.1) is 11.7 Å². The Labute approximate surface area is 139 Å². The van der Waals surface area contributed by atoms with Gasteiger partial charge in [-0.1, -0.05) is 25.3 Å². The van der Waals surface area contributed by atoms with Gasteiger partial charge in [-0.3, -0.25) is 4.79 Å². The van der Waals surface area contributed by atoms with E-state index >= 15 is 0 Å². The van der Waals surface area contributed by atoms with Crippen molar-refractivity contribution in [2.75, 3.05) is 5.75 Å². The summed E-state index contributed by atoms with van der Waals surface area (Å²) >= 11 is 1.55. The van der Waals surface area contributed by atoms with E-state index in [-0.39, 0.29) is 16.8 Å². The molecule has 1 heterocycles. The highest BCUT2D eigenvalue weighted by molar-refractivity contribution is 8.00. The molecule has 1 aromatic rings. The predicted octanol–water partition coefficient (Wildman–Crippen LogP) is 3.37. The van der Waals surface area contributed by atoms with E-state index < -0.39 is 17.8 Å². The SMILES string of the molecule is O=C(O)[C@H]1CS[C@H](C2CCCCC2)N1C(=O)c1cccc(F)c1. The summed E-state index contributed by atoms with van der Waals surface area (Å²) < 4.78 is 13.4. The van der Waals surface area contributed by atoms with E-state index in [2.05, 4.69) is 0 Å². The van der Waals surface area contributed by atoms with E-state index in [1.165, 1.54) is 29.5 Å². The molecule has 23 heavy (non-hydrogen) atoms. The molecular weight excluding hydrogens is 317 g/mol. The van der Waals surface area contributed by atoms with Gasteiger partial charge in [-0.05, 0) is 37.0 Å². The fourth-order valence-electron chi connectivity index (χ4n) is 3.53. The maximum atomic E-state index is 13.4. The first-order valence-electron chi connectivity index (χ1n) is 8.00. The minimum Gasteiger partial charge on any atom is -0.480 e. The standard InChI is InChI=1S/C17H20FNO3S/c18-13-8-4-7-12(9-13)15(20)19-14(17(21)22)10-23-16(19)11-5-2-1-3-6-11/h4,7-9,11,14,16H,1-3,5-6,10H2,(H,21,22)/t14-,16-/m1/s1. The highest BCUT2D eigenvalue weighted by Gasteiger charge is 2.45.